The maximum Gasteiger partial charge on any atom is 0.218 e. The van der Waals surface area contributed by atoms with Gasteiger partial charge in [0.2, 0.25) is 12.3 Å². The van der Waals surface area contributed by atoms with E-state index in [2.05, 4.69) is 15.3 Å². The standard InChI is InChI=1S/C11H15N3O4/c1-11(2)17-5-8(18-11)4-16-10-3-9(14-7-15)12-6-13-10/h3,6-8H,4-5H2,1-2H3,(H,12,13,14,15). The lowest BCUT2D eigenvalue weighted by atomic mass is 10.4. The van der Waals surface area contributed by atoms with E-state index in [0.29, 0.717) is 31.3 Å². The maximum absolute atomic E-state index is 10.3. The molecule has 0 spiro atoms. The van der Waals surface area contributed by atoms with Crippen LogP contribution in [-0.2, 0) is 14.3 Å². The Balaban J connectivity index is 1.86. The van der Waals surface area contributed by atoms with Crippen LogP contribution in [-0.4, -0.2) is 41.5 Å². The van der Waals surface area contributed by atoms with Gasteiger partial charge in [0.15, 0.2) is 5.79 Å². The Kier molecular flexibility index (Phi) is 3.73. The molecule has 7 nitrogen and oxygen atoms in total. The molecular formula is C11H15N3O4. The minimum absolute atomic E-state index is 0.127. The van der Waals surface area contributed by atoms with Crippen molar-refractivity contribution in [1.82, 2.24) is 9.97 Å². The number of aromatic nitrogens is 2. The topological polar surface area (TPSA) is 82.6 Å². The third-order valence-electron chi connectivity index (χ3n) is 2.33. The Morgan fingerprint density at radius 1 is 1.61 bits per heavy atom. The molecule has 0 bridgehead atoms. The van der Waals surface area contributed by atoms with Gasteiger partial charge in [0.25, 0.3) is 0 Å². The lowest BCUT2D eigenvalue weighted by molar-refractivity contribution is -0.141. The molecule has 1 aromatic rings. The number of carbonyl (C=O) groups excluding carboxylic acids is 1. The quantitative estimate of drug-likeness (QED) is 0.773. The first kappa shape index (κ1) is 12.7. The van der Waals surface area contributed by atoms with Gasteiger partial charge in [-0.1, -0.05) is 0 Å². The SMILES string of the molecule is CC1(C)OCC(COc2cc(NC=O)ncn2)O1. The Morgan fingerprint density at radius 2 is 2.44 bits per heavy atom. The van der Waals surface area contributed by atoms with E-state index in [-0.39, 0.29) is 6.10 Å². The van der Waals surface area contributed by atoms with Gasteiger partial charge in [-0.05, 0) is 13.8 Å². The summed E-state index contributed by atoms with van der Waals surface area (Å²) in [5, 5.41) is 2.42. The van der Waals surface area contributed by atoms with Crippen LogP contribution in [0.2, 0.25) is 0 Å². The summed E-state index contributed by atoms with van der Waals surface area (Å²) in [6, 6.07) is 1.54. The number of nitrogens with one attached hydrogen (secondary N) is 1. The van der Waals surface area contributed by atoms with Crippen LogP contribution in [0.4, 0.5) is 5.82 Å². The molecule has 1 unspecified atom stereocenters. The smallest absolute Gasteiger partial charge is 0.218 e. The van der Waals surface area contributed by atoms with Gasteiger partial charge in [-0.15, -0.1) is 0 Å². The Morgan fingerprint density at radius 3 is 3.11 bits per heavy atom. The molecule has 0 saturated carbocycles. The second-order valence-electron chi connectivity index (χ2n) is 4.27. The van der Waals surface area contributed by atoms with Crippen molar-refractivity contribution < 1.29 is 19.0 Å². The summed E-state index contributed by atoms with van der Waals surface area (Å²) in [4.78, 5) is 18.1. The summed E-state index contributed by atoms with van der Waals surface area (Å²) in [5.41, 5.74) is 0. The highest BCUT2D eigenvalue weighted by Gasteiger charge is 2.33. The first-order chi connectivity index (χ1) is 8.59. The van der Waals surface area contributed by atoms with Crippen LogP contribution in [0, 0.1) is 0 Å². The molecule has 0 aliphatic carbocycles. The van der Waals surface area contributed by atoms with Gasteiger partial charge in [-0.2, -0.15) is 0 Å². The molecule has 1 saturated heterocycles. The number of amides is 1. The van der Waals surface area contributed by atoms with Crippen LogP contribution < -0.4 is 10.1 Å². The maximum atomic E-state index is 10.3. The molecule has 98 valence electrons. The highest BCUT2D eigenvalue weighted by molar-refractivity contribution is 5.68. The minimum atomic E-state index is -0.566. The van der Waals surface area contributed by atoms with Crippen molar-refractivity contribution in [3.05, 3.63) is 12.4 Å². The van der Waals surface area contributed by atoms with Gasteiger partial charge in [0, 0.05) is 6.07 Å². The average Bonchev–Trinajstić information content (AvgIpc) is 2.68. The molecular weight excluding hydrogens is 238 g/mol. The predicted octanol–water partition coefficient (Wildman–Crippen LogP) is 0.575. The normalized spacial score (nSPS) is 21.6. The van der Waals surface area contributed by atoms with Gasteiger partial charge in [0.05, 0.1) is 6.61 Å². The van der Waals surface area contributed by atoms with Crippen LogP contribution >= 0.6 is 0 Å². The molecule has 1 aliphatic heterocycles. The van der Waals surface area contributed by atoms with Crippen LogP contribution in [0.5, 0.6) is 5.88 Å². The van der Waals surface area contributed by atoms with Crippen molar-refractivity contribution in [1.29, 1.82) is 0 Å². The van der Waals surface area contributed by atoms with E-state index in [1.54, 1.807) is 0 Å². The lowest BCUT2D eigenvalue weighted by Gasteiger charge is -2.17. The van der Waals surface area contributed by atoms with E-state index < -0.39 is 5.79 Å². The van der Waals surface area contributed by atoms with Crippen molar-refractivity contribution in [2.24, 2.45) is 0 Å². The van der Waals surface area contributed by atoms with Crippen LogP contribution in [0.15, 0.2) is 12.4 Å². The second-order valence-corrected chi connectivity index (χ2v) is 4.27. The molecule has 2 heterocycles. The van der Waals surface area contributed by atoms with Crippen molar-refractivity contribution in [3.8, 4) is 5.88 Å². The van der Waals surface area contributed by atoms with Gasteiger partial charge < -0.3 is 19.5 Å². The fourth-order valence-electron chi connectivity index (χ4n) is 1.58. The summed E-state index contributed by atoms with van der Waals surface area (Å²) in [5.74, 6) is 0.200. The molecule has 0 radical (unpaired) electrons. The number of anilines is 1. The monoisotopic (exact) mass is 253 g/mol. The van der Waals surface area contributed by atoms with E-state index in [1.165, 1.54) is 12.4 Å². The summed E-state index contributed by atoms with van der Waals surface area (Å²) in [6.45, 7) is 4.52. The first-order valence-electron chi connectivity index (χ1n) is 5.56. The van der Waals surface area contributed by atoms with Crippen molar-refractivity contribution >= 4 is 12.2 Å². The molecule has 2 rings (SSSR count). The Bertz CT molecular complexity index is 425. The fraction of sp³-hybridized carbons (Fsp3) is 0.545. The Hall–Kier alpha value is -1.73. The van der Waals surface area contributed by atoms with Crippen LogP contribution in [0.25, 0.3) is 0 Å². The zero-order chi connectivity index (χ0) is 13.0. The molecule has 0 aromatic carbocycles. The summed E-state index contributed by atoms with van der Waals surface area (Å²) in [7, 11) is 0. The van der Waals surface area contributed by atoms with Crippen LogP contribution in [0.1, 0.15) is 13.8 Å². The van der Waals surface area contributed by atoms with E-state index in [4.69, 9.17) is 14.2 Å². The molecule has 1 amide bonds. The van der Waals surface area contributed by atoms with Crippen molar-refractivity contribution in [2.45, 2.75) is 25.7 Å². The molecule has 1 fully saturated rings. The van der Waals surface area contributed by atoms with Gasteiger partial charge in [-0.25, -0.2) is 9.97 Å². The van der Waals surface area contributed by atoms with E-state index >= 15 is 0 Å². The Labute approximate surface area is 104 Å². The molecule has 1 aliphatic rings. The largest absolute Gasteiger partial charge is 0.475 e. The second kappa shape index (κ2) is 5.28. The summed E-state index contributed by atoms with van der Waals surface area (Å²) >= 11 is 0. The summed E-state index contributed by atoms with van der Waals surface area (Å²) < 4.78 is 16.5. The number of hydrogen-bond donors (Lipinski definition) is 1. The fourth-order valence-corrected chi connectivity index (χ4v) is 1.58. The predicted molar refractivity (Wildman–Crippen MR) is 62.1 cm³/mol. The highest BCUT2D eigenvalue weighted by atomic mass is 16.7. The third-order valence-corrected chi connectivity index (χ3v) is 2.33. The van der Waals surface area contributed by atoms with Crippen molar-refractivity contribution in [3.63, 3.8) is 0 Å². The number of ether oxygens (including phenoxy) is 3. The van der Waals surface area contributed by atoms with Crippen molar-refractivity contribution in [2.75, 3.05) is 18.5 Å². The minimum Gasteiger partial charge on any atom is -0.475 e. The van der Waals surface area contributed by atoms with Crippen LogP contribution in [0.3, 0.4) is 0 Å². The highest BCUT2D eigenvalue weighted by Crippen LogP contribution is 2.22. The molecule has 7 heteroatoms. The first-order valence-corrected chi connectivity index (χ1v) is 5.56. The van der Waals surface area contributed by atoms with Gasteiger partial charge in [0.1, 0.15) is 24.9 Å². The molecule has 1 aromatic heterocycles. The van der Waals surface area contributed by atoms with Gasteiger partial charge >= 0.3 is 0 Å². The van der Waals surface area contributed by atoms with E-state index in [1.807, 2.05) is 13.8 Å². The number of hydrogen-bond acceptors (Lipinski definition) is 6. The molecule has 1 atom stereocenters. The third kappa shape index (κ3) is 3.38. The number of rotatable bonds is 5. The molecule has 1 N–H and O–H groups in total. The zero-order valence-electron chi connectivity index (χ0n) is 10.3. The molecule has 18 heavy (non-hydrogen) atoms. The average molecular weight is 253 g/mol. The van der Waals surface area contributed by atoms with Gasteiger partial charge in [-0.3, -0.25) is 4.79 Å². The van der Waals surface area contributed by atoms with E-state index in [9.17, 15) is 4.79 Å². The lowest BCUT2D eigenvalue weighted by Crippen LogP contribution is -2.25. The van der Waals surface area contributed by atoms with E-state index in [0.717, 1.165) is 0 Å². The number of carbonyl (C=O) groups is 1. The number of nitrogens with zero attached hydrogens (tertiary/aromatic N) is 2. The summed E-state index contributed by atoms with van der Waals surface area (Å²) in [6.07, 6.45) is 1.73. The zero-order valence-corrected chi connectivity index (χ0v) is 10.3.